The SMILES string of the molecule is CN(C)C1CCC(C(=O)Nc2c(C(=O)Nc3ccc(Cl)cn3)oc3ccc([N+](=O)[O-])cc23)CC1. The summed E-state index contributed by atoms with van der Waals surface area (Å²) in [5, 5.41) is 17.4. The van der Waals surface area contributed by atoms with E-state index in [0.717, 1.165) is 12.8 Å². The van der Waals surface area contributed by atoms with Crippen LogP contribution in [0.1, 0.15) is 36.2 Å². The third-order valence-corrected chi connectivity index (χ3v) is 6.33. The molecule has 0 aliphatic heterocycles. The normalized spacial score (nSPS) is 18.1. The maximum atomic E-state index is 13.1. The van der Waals surface area contributed by atoms with Crippen LogP contribution in [0.15, 0.2) is 40.9 Å². The van der Waals surface area contributed by atoms with Gasteiger partial charge in [0.1, 0.15) is 17.1 Å². The molecule has 10 nitrogen and oxygen atoms in total. The highest BCUT2D eigenvalue weighted by molar-refractivity contribution is 6.30. The number of rotatable bonds is 6. The molecular formula is C23H24ClN5O5. The Labute approximate surface area is 200 Å². The van der Waals surface area contributed by atoms with Crippen molar-refractivity contribution in [3.8, 4) is 0 Å². The highest BCUT2D eigenvalue weighted by atomic mass is 35.5. The van der Waals surface area contributed by atoms with Gasteiger partial charge in [0.2, 0.25) is 11.7 Å². The number of hydrogen-bond donors (Lipinski definition) is 2. The average molecular weight is 486 g/mol. The molecule has 1 aliphatic rings. The average Bonchev–Trinajstić information content (AvgIpc) is 3.18. The molecule has 2 heterocycles. The molecule has 0 bridgehead atoms. The van der Waals surface area contributed by atoms with Crippen molar-refractivity contribution >= 4 is 51.6 Å². The Hall–Kier alpha value is -3.50. The second-order valence-corrected chi connectivity index (χ2v) is 8.95. The predicted molar refractivity (Wildman–Crippen MR) is 128 cm³/mol. The maximum absolute atomic E-state index is 13.1. The van der Waals surface area contributed by atoms with Gasteiger partial charge in [-0.2, -0.15) is 0 Å². The second kappa shape index (κ2) is 9.78. The summed E-state index contributed by atoms with van der Waals surface area (Å²) in [6, 6.07) is 7.49. The zero-order valence-electron chi connectivity index (χ0n) is 18.7. The number of hydrogen-bond acceptors (Lipinski definition) is 7. The van der Waals surface area contributed by atoms with Crippen molar-refractivity contribution in [3.05, 3.63) is 57.4 Å². The van der Waals surface area contributed by atoms with E-state index in [4.69, 9.17) is 16.0 Å². The number of benzene rings is 1. The van der Waals surface area contributed by atoms with Gasteiger partial charge in [0, 0.05) is 30.3 Å². The summed E-state index contributed by atoms with van der Waals surface area (Å²) in [7, 11) is 4.05. The van der Waals surface area contributed by atoms with E-state index in [9.17, 15) is 19.7 Å². The number of nitrogens with one attached hydrogen (secondary N) is 2. The first-order valence-corrected chi connectivity index (χ1v) is 11.2. The van der Waals surface area contributed by atoms with Gasteiger partial charge in [-0.05, 0) is 58.0 Å². The third-order valence-electron chi connectivity index (χ3n) is 6.10. The van der Waals surface area contributed by atoms with Gasteiger partial charge >= 0.3 is 0 Å². The second-order valence-electron chi connectivity index (χ2n) is 8.52. The zero-order valence-corrected chi connectivity index (χ0v) is 19.5. The van der Waals surface area contributed by atoms with Crippen LogP contribution in [0.5, 0.6) is 0 Å². The Kier molecular flexibility index (Phi) is 6.80. The maximum Gasteiger partial charge on any atom is 0.294 e. The quantitative estimate of drug-likeness (QED) is 0.382. The number of amides is 2. The van der Waals surface area contributed by atoms with Crippen molar-refractivity contribution < 1.29 is 18.9 Å². The Balaban J connectivity index is 1.64. The van der Waals surface area contributed by atoms with E-state index in [0.29, 0.717) is 23.9 Å². The number of carbonyl (C=O) groups is 2. The minimum atomic E-state index is -0.653. The lowest BCUT2D eigenvalue weighted by molar-refractivity contribution is -0.384. The van der Waals surface area contributed by atoms with E-state index >= 15 is 0 Å². The molecule has 0 saturated heterocycles. The number of non-ortho nitro benzene ring substituents is 1. The minimum absolute atomic E-state index is 0.102. The van der Waals surface area contributed by atoms with Crippen LogP contribution in [0.4, 0.5) is 17.2 Å². The lowest BCUT2D eigenvalue weighted by Crippen LogP contribution is -2.35. The number of aromatic nitrogens is 1. The van der Waals surface area contributed by atoms with E-state index in [2.05, 4.69) is 20.5 Å². The van der Waals surface area contributed by atoms with Gasteiger partial charge in [0.25, 0.3) is 11.6 Å². The molecular weight excluding hydrogens is 462 g/mol. The minimum Gasteiger partial charge on any atom is -0.449 e. The molecule has 2 aromatic heterocycles. The first kappa shape index (κ1) is 23.7. The predicted octanol–water partition coefficient (Wildman–Crippen LogP) is 4.70. The molecule has 4 rings (SSSR count). The highest BCUT2D eigenvalue weighted by Gasteiger charge is 2.30. The number of furan rings is 1. The smallest absolute Gasteiger partial charge is 0.294 e. The van der Waals surface area contributed by atoms with Gasteiger partial charge in [-0.25, -0.2) is 4.98 Å². The Bertz CT molecular complexity index is 1230. The molecule has 1 aliphatic carbocycles. The summed E-state index contributed by atoms with van der Waals surface area (Å²) in [4.78, 5) is 43.1. The largest absolute Gasteiger partial charge is 0.449 e. The van der Waals surface area contributed by atoms with Crippen LogP contribution in [0.3, 0.4) is 0 Å². The Morgan fingerprint density at radius 3 is 2.50 bits per heavy atom. The highest BCUT2D eigenvalue weighted by Crippen LogP contribution is 2.35. The third kappa shape index (κ3) is 5.02. The number of nitro groups is 1. The summed E-state index contributed by atoms with van der Waals surface area (Å²) in [5.41, 5.74) is 0.165. The summed E-state index contributed by atoms with van der Waals surface area (Å²) >= 11 is 5.84. The fraction of sp³-hybridized carbons (Fsp3) is 0.348. The zero-order chi connectivity index (χ0) is 24.4. The molecule has 1 saturated carbocycles. The van der Waals surface area contributed by atoms with Crippen LogP contribution >= 0.6 is 11.6 Å². The summed E-state index contributed by atoms with van der Waals surface area (Å²) in [5.74, 6) is -1.05. The van der Waals surface area contributed by atoms with E-state index < -0.39 is 10.8 Å². The van der Waals surface area contributed by atoms with Gasteiger partial charge in [0.05, 0.1) is 15.3 Å². The van der Waals surface area contributed by atoms with Gasteiger partial charge < -0.3 is 20.0 Å². The van der Waals surface area contributed by atoms with Crippen molar-refractivity contribution in [1.82, 2.24) is 9.88 Å². The lowest BCUT2D eigenvalue weighted by Gasteiger charge is -2.31. The number of halogens is 1. The number of fused-ring (bicyclic) bond motifs is 1. The summed E-state index contributed by atoms with van der Waals surface area (Å²) < 4.78 is 5.72. The molecule has 11 heteroatoms. The lowest BCUT2D eigenvalue weighted by atomic mass is 9.85. The van der Waals surface area contributed by atoms with Crippen LogP contribution in [0.25, 0.3) is 11.0 Å². The first-order valence-electron chi connectivity index (χ1n) is 10.8. The van der Waals surface area contributed by atoms with Crippen molar-refractivity contribution in [2.24, 2.45) is 5.92 Å². The van der Waals surface area contributed by atoms with Crippen molar-refractivity contribution in [1.29, 1.82) is 0 Å². The molecule has 2 amide bonds. The van der Waals surface area contributed by atoms with Crippen LogP contribution < -0.4 is 10.6 Å². The molecule has 1 aromatic carbocycles. The van der Waals surface area contributed by atoms with Crippen LogP contribution in [-0.2, 0) is 4.79 Å². The van der Waals surface area contributed by atoms with Crippen LogP contribution in [0, 0.1) is 16.0 Å². The molecule has 178 valence electrons. The van der Waals surface area contributed by atoms with Crippen molar-refractivity contribution in [2.75, 3.05) is 24.7 Å². The van der Waals surface area contributed by atoms with Gasteiger partial charge in [-0.1, -0.05) is 11.6 Å². The van der Waals surface area contributed by atoms with Gasteiger partial charge in [-0.3, -0.25) is 19.7 Å². The molecule has 1 fully saturated rings. The molecule has 0 spiro atoms. The number of nitrogens with zero attached hydrogens (tertiary/aromatic N) is 3. The number of anilines is 2. The first-order chi connectivity index (χ1) is 16.2. The molecule has 0 radical (unpaired) electrons. The fourth-order valence-electron chi connectivity index (χ4n) is 4.19. The van der Waals surface area contributed by atoms with Crippen molar-refractivity contribution in [2.45, 2.75) is 31.7 Å². The number of carbonyl (C=O) groups excluding carboxylic acids is 2. The number of pyridine rings is 1. The van der Waals surface area contributed by atoms with Gasteiger partial charge in [-0.15, -0.1) is 0 Å². The summed E-state index contributed by atoms with van der Waals surface area (Å²) in [6.07, 6.45) is 4.57. The van der Waals surface area contributed by atoms with Gasteiger partial charge in [0.15, 0.2) is 0 Å². The topological polar surface area (TPSA) is 131 Å². The van der Waals surface area contributed by atoms with Crippen LogP contribution in [0.2, 0.25) is 5.02 Å². The standard InChI is InChI=1S/C23H24ClN5O5/c1-28(2)15-6-3-13(4-7-15)22(30)27-20-17-11-16(29(32)33)8-9-18(17)34-21(20)23(31)26-19-10-5-14(24)12-25-19/h5,8-13,15H,3-4,6-7H2,1-2H3,(H,27,30)(H,25,26,31). The van der Waals surface area contributed by atoms with Crippen LogP contribution in [-0.4, -0.2) is 46.8 Å². The van der Waals surface area contributed by atoms with Crippen molar-refractivity contribution in [3.63, 3.8) is 0 Å². The molecule has 0 atom stereocenters. The molecule has 2 N–H and O–H groups in total. The van der Waals surface area contributed by atoms with E-state index in [-0.39, 0.29) is 45.7 Å². The number of nitro benzene ring substituents is 1. The van der Waals surface area contributed by atoms with E-state index in [1.54, 1.807) is 6.07 Å². The van der Waals surface area contributed by atoms with E-state index in [1.165, 1.54) is 30.5 Å². The Morgan fingerprint density at radius 1 is 1.15 bits per heavy atom. The van der Waals surface area contributed by atoms with E-state index in [1.807, 2.05) is 14.1 Å². The molecule has 0 unspecified atom stereocenters. The fourth-order valence-corrected chi connectivity index (χ4v) is 4.30. The molecule has 3 aromatic rings. The Morgan fingerprint density at radius 2 is 1.88 bits per heavy atom. The summed E-state index contributed by atoms with van der Waals surface area (Å²) in [6.45, 7) is 0. The molecule has 34 heavy (non-hydrogen) atoms. The monoisotopic (exact) mass is 485 g/mol.